The van der Waals surface area contributed by atoms with Gasteiger partial charge in [0.1, 0.15) is 16.5 Å². The molecule has 2 nitrogen and oxygen atoms in total. The van der Waals surface area contributed by atoms with Crippen LogP contribution in [0.4, 0.5) is 0 Å². The molecule has 0 bridgehead atoms. The highest BCUT2D eigenvalue weighted by Gasteiger charge is 2.12. The van der Waals surface area contributed by atoms with Crippen molar-refractivity contribution in [3.63, 3.8) is 0 Å². The van der Waals surface area contributed by atoms with Crippen molar-refractivity contribution in [2.24, 2.45) is 5.73 Å². The summed E-state index contributed by atoms with van der Waals surface area (Å²) in [5.74, 6) is 1.64. The molecule has 0 fully saturated rings. The lowest BCUT2D eigenvalue weighted by Crippen LogP contribution is -2.09. The maximum absolute atomic E-state index is 5.94. The molecule has 0 aliphatic heterocycles. The number of nitrogens with two attached hydrogens (primary N) is 1. The van der Waals surface area contributed by atoms with Gasteiger partial charge in [0.15, 0.2) is 0 Å². The molecular formula is C16H14BrNOS. The van der Waals surface area contributed by atoms with Crippen LogP contribution in [0, 0.1) is 0 Å². The smallest absolute Gasteiger partial charge is 0.141 e. The van der Waals surface area contributed by atoms with Crippen LogP contribution in [0.1, 0.15) is 23.1 Å². The van der Waals surface area contributed by atoms with Gasteiger partial charge in [0.05, 0.1) is 4.47 Å². The van der Waals surface area contributed by atoms with Crippen LogP contribution >= 0.6 is 28.1 Å². The highest BCUT2D eigenvalue weighted by atomic mass is 79.9. The van der Waals surface area contributed by atoms with Gasteiger partial charge < -0.3 is 10.5 Å². The van der Waals surface area contributed by atoms with E-state index < -0.39 is 0 Å². The minimum absolute atomic E-state index is 0.384. The van der Waals surface area contributed by atoms with E-state index in [9.17, 15) is 0 Å². The second-order valence-electron chi connectivity index (χ2n) is 4.90. The van der Waals surface area contributed by atoms with Gasteiger partial charge in [-0.3, -0.25) is 0 Å². The monoisotopic (exact) mass is 347 g/mol. The summed E-state index contributed by atoms with van der Waals surface area (Å²) in [7, 11) is 0. The maximum Gasteiger partial charge on any atom is 0.141 e. The Kier molecular flexibility index (Phi) is 3.76. The van der Waals surface area contributed by atoms with E-state index in [1.165, 1.54) is 24.0 Å². The Bertz CT molecular complexity index is 684. The largest absolute Gasteiger partial charge is 0.456 e. The molecule has 2 N–H and O–H groups in total. The molecule has 0 spiro atoms. The number of hydrogen-bond acceptors (Lipinski definition) is 2. The zero-order valence-electron chi connectivity index (χ0n) is 10.9. The van der Waals surface area contributed by atoms with Crippen molar-refractivity contribution in [2.45, 2.75) is 19.3 Å². The molecule has 0 heterocycles. The lowest BCUT2D eigenvalue weighted by Gasteiger charge is -2.10. The molecule has 4 heteroatoms. The first-order chi connectivity index (χ1) is 9.63. The molecule has 0 unspecified atom stereocenters. The topological polar surface area (TPSA) is 35.2 Å². The van der Waals surface area contributed by atoms with Crippen LogP contribution in [0.2, 0.25) is 0 Å². The van der Waals surface area contributed by atoms with Crippen molar-refractivity contribution in [1.29, 1.82) is 0 Å². The van der Waals surface area contributed by atoms with E-state index >= 15 is 0 Å². The van der Waals surface area contributed by atoms with Crippen molar-refractivity contribution >= 4 is 33.1 Å². The van der Waals surface area contributed by atoms with Crippen LogP contribution in [0.25, 0.3) is 0 Å². The zero-order valence-corrected chi connectivity index (χ0v) is 13.3. The molecule has 3 rings (SSSR count). The average molecular weight is 348 g/mol. The van der Waals surface area contributed by atoms with Gasteiger partial charge in [-0.05, 0) is 76.7 Å². The predicted molar refractivity (Wildman–Crippen MR) is 88.6 cm³/mol. The van der Waals surface area contributed by atoms with Crippen LogP contribution in [0.3, 0.4) is 0 Å². The van der Waals surface area contributed by atoms with Crippen molar-refractivity contribution in [3.05, 3.63) is 57.6 Å². The number of thiocarbonyl (C=S) groups is 1. The summed E-state index contributed by atoms with van der Waals surface area (Å²) in [6.07, 6.45) is 3.57. The average Bonchev–Trinajstić information content (AvgIpc) is 2.88. The summed E-state index contributed by atoms with van der Waals surface area (Å²) in [6.45, 7) is 0. The normalized spacial score (nSPS) is 13.1. The standard InChI is InChI=1S/C16H14BrNOS/c17-14-9-12(16(18)20)5-7-15(14)19-13-6-4-10-2-1-3-11(10)8-13/h4-9H,1-3H2,(H2,18,20). The Hall–Kier alpha value is -1.39. The van der Waals surface area contributed by atoms with E-state index in [0.29, 0.717) is 4.99 Å². The Morgan fingerprint density at radius 1 is 1.10 bits per heavy atom. The molecule has 1 aliphatic carbocycles. The molecule has 0 atom stereocenters. The molecule has 0 saturated heterocycles. The van der Waals surface area contributed by atoms with E-state index in [4.69, 9.17) is 22.7 Å². The molecule has 102 valence electrons. The van der Waals surface area contributed by atoms with Crippen molar-refractivity contribution < 1.29 is 4.74 Å². The third-order valence-electron chi connectivity index (χ3n) is 3.51. The fraction of sp³-hybridized carbons (Fsp3) is 0.188. The zero-order chi connectivity index (χ0) is 14.1. The summed E-state index contributed by atoms with van der Waals surface area (Å²) in [5, 5.41) is 0. The third kappa shape index (κ3) is 2.72. The number of fused-ring (bicyclic) bond motifs is 1. The lowest BCUT2D eigenvalue weighted by molar-refractivity contribution is 0.479. The van der Waals surface area contributed by atoms with Crippen molar-refractivity contribution in [3.8, 4) is 11.5 Å². The summed E-state index contributed by atoms with van der Waals surface area (Å²) in [4.78, 5) is 0.384. The Labute approximate surface area is 132 Å². The Morgan fingerprint density at radius 3 is 2.65 bits per heavy atom. The Balaban J connectivity index is 1.86. The Morgan fingerprint density at radius 2 is 1.90 bits per heavy atom. The summed E-state index contributed by atoms with van der Waals surface area (Å²) in [5.41, 5.74) is 9.29. The molecule has 1 aliphatic rings. The molecular weight excluding hydrogens is 334 g/mol. The first-order valence-electron chi connectivity index (χ1n) is 6.52. The minimum Gasteiger partial charge on any atom is -0.456 e. The second-order valence-corrected chi connectivity index (χ2v) is 6.19. The molecule has 20 heavy (non-hydrogen) atoms. The van der Waals surface area contributed by atoms with Crippen LogP contribution in [-0.2, 0) is 12.8 Å². The summed E-state index contributed by atoms with van der Waals surface area (Å²) < 4.78 is 6.79. The number of benzene rings is 2. The van der Waals surface area contributed by atoms with Gasteiger partial charge in [-0.1, -0.05) is 18.3 Å². The first kappa shape index (κ1) is 13.6. The van der Waals surface area contributed by atoms with Crippen LogP contribution in [0.15, 0.2) is 40.9 Å². The van der Waals surface area contributed by atoms with Crippen LogP contribution < -0.4 is 10.5 Å². The number of rotatable bonds is 3. The van der Waals surface area contributed by atoms with E-state index in [1.807, 2.05) is 24.3 Å². The van der Waals surface area contributed by atoms with E-state index in [1.54, 1.807) is 0 Å². The van der Waals surface area contributed by atoms with E-state index in [-0.39, 0.29) is 0 Å². The van der Waals surface area contributed by atoms with Gasteiger partial charge >= 0.3 is 0 Å². The quantitative estimate of drug-likeness (QED) is 0.837. The number of hydrogen-bond donors (Lipinski definition) is 1. The van der Waals surface area contributed by atoms with Gasteiger partial charge in [0.25, 0.3) is 0 Å². The fourth-order valence-corrected chi connectivity index (χ4v) is 3.06. The highest BCUT2D eigenvalue weighted by molar-refractivity contribution is 9.10. The first-order valence-corrected chi connectivity index (χ1v) is 7.72. The molecule has 0 radical (unpaired) electrons. The van der Waals surface area contributed by atoms with E-state index in [0.717, 1.165) is 28.0 Å². The number of aryl methyl sites for hydroxylation is 2. The SMILES string of the molecule is NC(=S)c1ccc(Oc2ccc3c(c2)CCC3)c(Br)c1. The molecule has 0 saturated carbocycles. The summed E-state index contributed by atoms with van der Waals surface area (Å²) >= 11 is 8.46. The third-order valence-corrected chi connectivity index (χ3v) is 4.37. The van der Waals surface area contributed by atoms with Crippen LogP contribution in [0.5, 0.6) is 11.5 Å². The van der Waals surface area contributed by atoms with Crippen molar-refractivity contribution in [1.82, 2.24) is 0 Å². The minimum atomic E-state index is 0.384. The molecule has 0 amide bonds. The maximum atomic E-state index is 5.94. The number of ether oxygens (including phenoxy) is 1. The van der Waals surface area contributed by atoms with Gasteiger partial charge in [-0.2, -0.15) is 0 Å². The molecule has 2 aromatic carbocycles. The van der Waals surface area contributed by atoms with Gasteiger partial charge in [-0.15, -0.1) is 0 Å². The molecule has 0 aromatic heterocycles. The highest BCUT2D eigenvalue weighted by Crippen LogP contribution is 2.33. The number of halogens is 1. The second kappa shape index (κ2) is 5.54. The van der Waals surface area contributed by atoms with Crippen molar-refractivity contribution in [2.75, 3.05) is 0 Å². The van der Waals surface area contributed by atoms with Gasteiger partial charge in [0, 0.05) is 5.56 Å². The van der Waals surface area contributed by atoms with Gasteiger partial charge in [-0.25, -0.2) is 0 Å². The lowest BCUT2D eigenvalue weighted by atomic mass is 10.1. The van der Waals surface area contributed by atoms with Gasteiger partial charge in [0.2, 0.25) is 0 Å². The molecule has 2 aromatic rings. The fourth-order valence-electron chi connectivity index (χ4n) is 2.48. The predicted octanol–water partition coefficient (Wildman–Crippen LogP) is 4.36. The van der Waals surface area contributed by atoms with E-state index in [2.05, 4.69) is 28.1 Å². The summed E-state index contributed by atoms with van der Waals surface area (Å²) in [6, 6.07) is 12.0. The van der Waals surface area contributed by atoms with Crippen LogP contribution in [-0.4, -0.2) is 4.99 Å².